The molecular weight excluding hydrogens is 428 g/mol. The van der Waals surface area contributed by atoms with Crippen molar-refractivity contribution in [1.82, 2.24) is 14.5 Å². The maximum Gasteiger partial charge on any atom is 0.271 e. The zero-order chi connectivity index (χ0) is 22.2. The van der Waals surface area contributed by atoms with Gasteiger partial charge in [0.15, 0.2) is 0 Å². The van der Waals surface area contributed by atoms with Crippen LogP contribution < -0.4 is 10.5 Å². The van der Waals surface area contributed by atoms with Crippen molar-refractivity contribution in [1.29, 1.82) is 0 Å². The first-order chi connectivity index (χ1) is 16.3. The van der Waals surface area contributed by atoms with Crippen molar-refractivity contribution in [2.75, 3.05) is 4.90 Å². The summed E-state index contributed by atoms with van der Waals surface area (Å²) in [5.74, 6) is 0. The number of hydrogen-bond donors (Lipinski definition) is 0. The maximum atomic E-state index is 13.5. The molecule has 5 aromatic rings. The second kappa shape index (κ2) is 8.45. The average Bonchev–Trinajstić information content (AvgIpc) is 3.27. The molecule has 0 bridgehead atoms. The lowest BCUT2D eigenvalue weighted by atomic mass is 9.95. The highest BCUT2D eigenvalue weighted by atomic mass is 32.1. The van der Waals surface area contributed by atoms with E-state index in [0.717, 1.165) is 45.6 Å². The Morgan fingerprint density at radius 1 is 0.848 bits per heavy atom. The van der Waals surface area contributed by atoms with Gasteiger partial charge in [-0.3, -0.25) is 9.36 Å². The standard InChI is InChI=1S/C27H24N4OS/c32-27-25-24(29-18-30(27)19-10-4-1-5-11-19)23-22(16-17-28-26(23)33-25)31(20-12-6-2-7-13-20)21-14-8-3-9-15-21/h2-3,6-9,12-19H,1,4-5,10-11H2. The zero-order valence-corrected chi connectivity index (χ0v) is 19.0. The van der Waals surface area contributed by atoms with E-state index in [1.807, 2.05) is 53.2 Å². The third-order valence-corrected chi connectivity index (χ3v) is 7.60. The summed E-state index contributed by atoms with van der Waals surface area (Å²) >= 11 is 1.45. The van der Waals surface area contributed by atoms with E-state index in [2.05, 4.69) is 34.1 Å². The lowest BCUT2D eigenvalue weighted by molar-refractivity contribution is 0.345. The zero-order valence-electron chi connectivity index (χ0n) is 18.2. The summed E-state index contributed by atoms with van der Waals surface area (Å²) in [7, 11) is 0. The van der Waals surface area contributed by atoms with E-state index in [-0.39, 0.29) is 11.6 Å². The molecule has 1 aliphatic rings. The largest absolute Gasteiger partial charge is 0.310 e. The summed E-state index contributed by atoms with van der Waals surface area (Å²) in [5, 5.41) is 0.929. The van der Waals surface area contributed by atoms with E-state index >= 15 is 0 Å². The Kier molecular flexibility index (Phi) is 5.15. The predicted octanol–water partition coefficient (Wildman–Crippen LogP) is 6.98. The third kappa shape index (κ3) is 3.51. The van der Waals surface area contributed by atoms with Gasteiger partial charge in [0.25, 0.3) is 5.56 Å². The van der Waals surface area contributed by atoms with Gasteiger partial charge in [-0.1, -0.05) is 55.7 Å². The van der Waals surface area contributed by atoms with Crippen LogP contribution in [-0.4, -0.2) is 14.5 Å². The maximum absolute atomic E-state index is 13.5. The molecule has 33 heavy (non-hydrogen) atoms. The topological polar surface area (TPSA) is 51.0 Å². The number of hydrogen-bond acceptors (Lipinski definition) is 5. The van der Waals surface area contributed by atoms with Crippen LogP contribution in [0.25, 0.3) is 20.4 Å². The lowest BCUT2D eigenvalue weighted by Crippen LogP contribution is -2.26. The molecule has 164 valence electrons. The number of nitrogens with zero attached hydrogens (tertiary/aromatic N) is 4. The third-order valence-electron chi connectivity index (χ3n) is 6.52. The number of benzene rings is 2. The molecule has 0 unspecified atom stereocenters. The molecule has 5 nitrogen and oxygen atoms in total. The van der Waals surface area contributed by atoms with Crippen molar-refractivity contribution in [3.8, 4) is 0 Å². The van der Waals surface area contributed by atoms with Crippen LogP contribution in [0.1, 0.15) is 38.1 Å². The van der Waals surface area contributed by atoms with Gasteiger partial charge in [-0.25, -0.2) is 9.97 Å². The molecule has 3 aromatic heterocycles. The first-order valence-electron chi connectivity index (χ1n) is 11.5. The van der Waals surface area contributed by atoms with Crippen LogP contribution in [-0.2, 0) is 0 Å². The van der Waals surface area contributed by atoms with Crippen LogP contribution >= 0.6 is 11.3 Å². The Morgan fingerprint density at radius 2 is 1.52 bits per heavy atom. The van der Waals surface area contributed by atoms with Crippen molar-refractivity contribution < 1.29 is 0 Å². The summed E-state index contributed by atoms with van der Waals surface area (Å²) in [5.41, 5.74) is 3.88. The minimum Gasteiger partial charge on any atom is -0.310 e. The van der Waals surface area contributed by atoms with Crippen LogP contribution in [0.3, 0.4) is 0 Å². The molecule has 1 aliphatic carbocycles. The van der Waals surface area contributed by atoms with E-state index in [0.29, 0.717) is 4.70 Å². The van der Waals surface area contributed by atoms with Gasteiger partial charge in [-0.2, -0.15) is 0 Å². The summed E-state index contributed by atoms with van der Waals surface area (Å²) in [6, 6.07) is 22.8. The molecular formula is C27H24N4OS. The summed E-state index contributed by atoms with van der Waals surface area (Å²) in [6.45, 7) is 0. The van der Waals surface area contributed by atoms with Crippen LogP contribution in [0, 0.1) is 0 Å². The molecule has 1 fully saturated rings. The normalized spacial score (nSPS) is 14.7. The van der Waals surface area contributed by atoms with Gasteiger partial charge in [-0.05, 0) is 43.2 Å². The monoisotopic (exact) mass is 452 g/mol. The Balaban J connectivity index is 1.59. The average molecular weight is 453 g/mol. The van der Waals surface area contributed by atoms with E-state index in [9.17, 15) is 4.79 Å². The molecule has 0 atom stereocenters. The highest BCUT2D eigenvalue weighted by molar-refractivity contribution is 7.25. The second-order valence-corrected chi connectivity index (χ2v) is 9.54. The predicted molar refractivity (Wildman–Crippen MR) is 136 cm³/mol. The fourth-order valence-electron chi connectivity index (χ4n) is 4.94. The van der Waals surface area contributed by atoms with Gasteiger partial charge in [0.1, 0.15) is 9.53 Å². The number of aromatic nitrogens is 3. The van der Waals surface area contributed by atoms with Crippen molar-refractivity contribution in [2.24, 2.45) is 0 Å². The first kappa shape index (κ1) is 20.1. The fourth-order valence-corrected chi connectivity index (χ4v) is 5.99. The number of anilines is 3. The number of thiophene rings is 1. The van der Waals surface area contributed by atoms with Gasteiger partial charge in [-0.15, -0.1) is 11.3 Å². The Bertz CT molecular complexity index is 1430. The Hall–Kier alpha value is -3.51. The van der Waals surface area contributed by atoms with Crippen molar-refractivity contribution in [3.63, 3.8) is 0 Å². The summed E-state index contributed by atoms with van der Waals surface area (Å²) in [4.78, 5) is 26.0. The van der Waals surface area contributed by atoms with E-state index in [1.54, 1.807) is 6.33 Å². The Morgan fingerprint density at radius 3 is 2.18 bits per heavy atom. The van der Waals surface area contributed by atoms with E-state index in [4.69, 9.17) is 4.98 Å². The molecule has 0 aliphatic heterocycles. The van der Waals surface area contributed by atoms with Crippen LogP contribution in [0.15, 0.2) is 84.0 Å². The van der Waals surface area contributed by atoms with Crippen molar-refractivity contribution in [3.05, 3.63) is 89.6 Å². The van der Waals surface area contributed by atoms with Gasteiger partial charge in [0.05, 0.1) is 22.9 Å². The minimum atomic E-state index is 0.0619. The van der Waals surface area contributed by atoms with Gasteiger partial charge >= 0.3 is 0 Å². The molecule has 1 saturated carbocycles. The minimum absolute atomic E-state index is 0.0619. The Labute approximate surface area is 196 Å². The number of para-hydroxylation sites is 2. The molecule has 6 heteroatoms. The van der Waals surface area contributed by atoms with Crippen LogP contribution in [0.2, 0.25) is 0 Å². The first-order valence-corrected chi connectivity index (χ1v) is 12.3. The molecule has 3 heterocycles. The quantitative estimate of drug-likeness (QED) is 0.295. The van der Waals surface area contributed by atoms with Gasteiger partial charge < -0.3 is 4.90 Å². The lowest BCUT2D eigenvalue weighted by Gasteiger charge is -2.26. The number of rotatable bonds is 4. The highest BCUT2D eigenvalue weighted by Crippen LogP contribution is 2.42. The number of fused-ring (bicyclic) bond motifs is 3. The van der Waals surface area contributed by atoms with E-state index in [1.165, 1.54) is 30.6 Å². The van der Waals surface area contributed by atoms with Crippen LogP contribution in [0.4, 0.5) is 17.1 Å². The smallest absolute Gasteiger partial charge is 0.271 e. The fraction of sp³-hybridized carbons (Fsp3) is 0.222. The SMILES string of the molecule is O=c1c2sc3nccc(N(c4ccccc4)c4ccccc4)c3c2ncn1C1CCCCC1. The van der Waals surface area contributed by atoms with Crippen LogP contribution in [0.5, 0.6) is 0 Å². The van der Waals surface area contributed by atoms with Gasteiger partial charge in [0.2, 0.25) is 0 Å². The number of pyridine rings is 1. The molecule has 0 radical (unpaired) electrons. The summed E-state index contributed by atoms with van der Waals surface area (Å²) < 4.78 is 2.56. The molecule has 0 saturated heterocycles. The second-order valence-electron chi connectivity index (χ2n) is 8.55. The van der Waals surface area contributed by atoms with Crippen molar-refractivity contribution >= 4 is 48.8 Å². The molecule has 2 aromatic carbocycles. The molecule has 0 amide bonds. The molecule has 0 spiro atoms. The summed E-state index contributed by atoms with van der Waals surface area (Å²) in [6.07, 6.45) is 9.30. The van der Waals surface area contributed by atoms with Crippen molar-refractivity contribution in [2.45, 2.75) is 38.1 Å². The molecule has 6 rings (SSSR count). The molecule has 0 N–H and O–H groups in total. The van der Waals surface area contributed by atoms with E-state index < -0.39 is 0 Å². The highest BCUT2D eigenvalue weighted by Gasteiger charge is 2.23. The van der Waals surface area contributed by atoms with Gasteiger partial charge in [0, 0.05) is 23.6 Å².